The van der Waals surface area contributed by atoms with Crippen molar-refractivity contribution in [1.29, 1.82) is 0 Å². The molecule has 0 aliphatic carbocycles. The Kier molecular flexibility index (Phi) is 9.58. The maximum Gasteiger partial charge on any atom is 0.261 e. The number of nitrogens with one attached hydrogen (secondary N) is 2. The zero-order valence-corrected chi connectivity index (χ0v) is 23.2. The normalized spacial score (nSPS) is 11.1. The average Bonchev–Trinajstić information content (AvgIpc) is 2.91. The maximum absolute atomic E-state index is 13.1. The molecule has 0 atom stereocenters. The van der Waals surface area contributed by atoms with E-state index >= 15 is 0 Å². The van der Waals surface area contributed by atoms with Crippen molar-refractivity contribution >= 4 is 56.6 Å². The molecule has 0 radical (unpaired) electrons. The fourth-order valence-electron chi connectivity index (χ4n) is 3.41. The topological polar surface area (TPSA) is 84.5 Å². The number of thioether (sulfide) groups is 1. The van der Waals surface area contributed by atoms with Crippen molar-refractivity contribution in [3.05, 3.63) is 113 Å². The molecule has 0 bridgehead atoms. The molecule has 0 unspecified atom stereocenters. The van der Waals surface area contributed by atoms with Crippen molar-refractivity contribution < 1.29 is 17.9 Å². The lowest BCUT2D eigenvalue weighted by atomic mass is 10.1. The van der Waals surface area contributed by atoms with Gasteiger partial charge in [0, 0.05) is 16.5 Å². The van der Waals surface area contributed by atoms with E-state index in [2.05, 4.69) is 10.0 Å². The van der Waals surface area contributed by atoms with Crippen molar-refractivity contribution in [2.24, 2.45) is 0 Å². The minimum absolute atomic E-state index is 0.00301. The van der Waals surface area contributed by atoms with Crippen LogP contribution in [-0.4, -0.2) is 26.6 Å². The van der Waals surface area contributed by atoms with Gasteiger partial charge in [0.05, 0.1) is 21.2 Å². The van der Waals surface area contributed by atoms with Gasteiger partial charge in [-0.2, -0.15) is 0 Å². The number of para-hydroxylation sites is 1. The number of amides is 1. The molecule has 0 saturated heterocycles. The summed E-state index contributed by atoms with van der Waals surface area (Å²) in [6.07, 6.45) is 0.746. The molecule has 2 N–H and O–H groups in total. The predicted octanol–water partition coefficient (Wildman–Crippen LogP) is 7.50. The molecule has 4 rings (SSSR count). The number of carbonyl (C=O) groups is 1. The van der Waals surface area contributed by atoms with Crippen LogP contribution in [0.4, 0.5) is 5.69 Å². The number of rotatable bonds is 11. The number of anilines is 1. The monoisotopic (exact) mass is 586 g/mol. The second-order valence-corrected chi connectivity index (χ2v) is 11.8. The second-order valence-electron chi connectivity index (χ2n) is 8.07. The van der Waals surface area contributed by atoms with Crippen LogP contribution in [0.2, 0.25) is 10.0 Å². The molecule has 0 spiro atoms. The van der Waals surface area contributed by atoms with Crippen LogP contribution in [0.3, 0.4) is 0 Å². The molecule has 4 aromatic rings. The van der Waals surface area contributed by atoms with Gasteiger partial charge in [0.2, 0.25) is 0 Å². The van der Waals surface area contributed by atoms with Crippen LogP contribution in [0.15, 0.2) is 107 Å². The van der Waals surface area contributed by atoms with Gasteiger partial charge in [-0.25, -0.2) is 8.42 Å². The Morgan fingerprint density at radius 1 is 0.868 bits per heavy atom. The molecular formula is C28H24Cl2N2O4S2. The Balaban J connectivity index is 1.39. The molecule has 0 aliphatic heterocycles. The molecule has 196 valence electrons. The lowest BCUT2D eigenvalue weighted by Crippen LogP contribution is -2.26. The molecule has 10 heteroatoms. The van der Waals surface area contributed by atoms with Gasteiger partial charge in [-0.05, 0) is 78.9 Å². The molecule has 0 saturated carbocycles. The molecule has 6 nitrogen and oxygen atoms in total. The van der Waals surface area contributed by atoms with E-state index in [0.29, 0.717) is 28.1 Å². The Morgan fingerprint density at radius 2 is 1.58 bits per heavy atom. The highest BCUT2D eigenvalue weighted by Crippen LogP contribution is 2.30. The first-order chi connectivity index (χ1) is 18.3. The number of ether oxygens (including phenoxy) is 1. The first-order valence-electron chi connectivity index (χ1n) is 11.6. The Labute approximate surface area is 236 Å². The van der Waals surface area contributed by atoms with Crippen LogP contribution in [0, 0.1) is 0 Å². The standard InChI is InChI=1S/C28H24Cl2N2O4S2/c29-20-11-16-26(24(19-20)28(33)31-17-6-18-37-22-7-2-1-3-8-22)32-38(34,35)23-14-12-21(13-15-23)36-27-10-5-4-9-25(27)30/h1-5,7-16,19,32H,6,17-18H2,(H,31,33). The maximum atomic E-state index is 13.1. The SMILES string of the molecule is O=C(NCCCSc1ccccc1)c1cc(Cl)ccc1NS(=O)(=O)c1ccc(Oc2ccccc2Cl)cc1. The smallest absolute Gasteiger partial charge is 0.261 e. The largest absolute Gasteiger partial charge is 0.456 e. The van der Waals surface area contributed by atoms with Gasteiger partial charge in [0.25, 0.3) is 15.9 Å². The highest BCUT2D eigenvalue weighted by atomic mass is 35.5. The van der Waals surface area contributed by atoms with E-state index in [1.807, 2.05) is 30.3 Å². The average molecular weight is 588 g/mol. The van der Waals surface area contributed by atoms with E-state index in [4.69, 9.17) is 27.9 Å². The number of hydrogen-bond donors (Lipinski definition) is 2. The summed E-state index contributed by atoms with van der Waals surface area (Å²) < 4.78 is 34.4. The third kappa shape index (κ3) is 7.68. The zero-order chi connectivity index (χ0) is 27.0. The summed E-state index contributed by atoms with van der Waals surface area (Å²) in [6, 6.07) is 27.3. The molecule has 1 amide bonds. The number of sulfonamides is 1. The highest BCUT2D eigenvalue weighted by Gasteiger charge is 2.19. The van der Waals surface area contributed by atoms with Gasteiger partial charge < -0.3 is 10.1 Å². The second kappa shape index (κ2) is 13.1. The van der Waals surface area contributed by atoms with Crippen molar-refractivity contribution in [2.75, 3.05) is 17.0 Å². The predicted molar refractivity (Wildman–Crippen MR) is 154 cm³/mol. The van der Waals surface area contributed by atoms with E-state index in [1.54, 1.807) is 36.0 Å². The van der Waals surface area contributed by atoms with Gasteiger partial charge in [-0.1, -0.05) is 53.5 Å². The quantitative estimate of drug-likeness (QED) is 0.140. The first kappa shape index (κ1) is 27.9. The van der Waals surface area contributed by atoms with Crippen LogP contribution in [0.5, 0.6) is 11.5 Å². The van der Waals surface area contributed by atoms with Crippen LogP contribution >= 0.6 is 35.0 Å². The number of carbonyl (C=O) groups excluding carboxylic acids is 1. The van der Waals surface area contributed by atoms with Gasteiger partial charge in [-0.3, -0.25) is 9.52 Å². The molecule has 0 aromatic heterocycles. The Morgan fingerprint density at radius 3 is 2.32 bits per heavy atom. The van der Waals surface area contributed by atoms with Crippen molar-refractivity contribution in [3.8, 4) is 11.5 Å². The Bertz CT molecular complexity index is 1500. The third-order valence-corrected chi connectivity index (χ3v) is 8.31. The first-order valence-corrected chi connectivity index (χ1v) is 14.9. The van der Waals surface area contributed by atoms with E-state index in [1.165, 1.54) is 42.5 Å². The van der Waals surface area contributed by atoms with Crippen molar-refractivity contribution in [3.63, 3.8) is 0 Å². The van der Waals surface area contributed by atoms with Gasteiger partial charge in [0.15, 0.2) is 0 Å². The number of hydrogen-bond acceptors (Lipinski definition) is 5. The summed E-state index contributed by atoms with van der Waals surface area (Å²) in [5, 5.41) is 3.60. The molecular weight excluding hydrogens is 563 g/mol. The summed E-state index contributed by atoms with van der Waals surface area (Å²) in [4.78, 5) is 14.0. The van der Waals surface area contributed by atoms with Crippen LogP contribution in [0.25, 0.3) is 0 Å². The molecule has 38 heavy (non-hydrogen) atoms. The van der Waals surface area contributed by atoms with E-state index < -0.39 is 15.9 Å². The zero-order valence-electron chi connectivity index (χ0n) is 20.1. The summed E-state index contributed by atoms with van der Waals surface area (Å²) in [5.41, 5.74) is 0.261. The van der Waals surface area contributed by atoms with Crippen LogP contribution in [0.1, 0.15) is 16.8 Å². The summed E-state index contributed by atoms with van der Waals surface area (Å²) in [6.45, 7) is 0.435. The minimum Gasteiger partial charge on any atom is -0.456 e. The lowest BCUT2D eigenvalue weighted by Gasteiger charge is -2.14. The summed E-state index contributed by atoms with van der Waals surface area (Å²) in [7, 11) is -4.00. The van der Waals surface area contributed by atoms with Crippen molar-refractivity contribution in [2.45, 2.75) is 16.2 Å². The summed E-state index contributed by atoms with van der Waals surface area (Å²) in [5.74, 6) is 1.29. The van der Waals surface area contributed by atoms with Crippen LogP contribution < -0.4 is 14.8 Å². The van der Waals surface area contributed by atoms with Crippen molar-refractivity contribution in [1.82, 2.24) is 5.32 Å². The van der Waals surface area contributed by atoms with E-state index in [9.17, 15) is 13.2 Å². The van der Waals surface area contributed by atoms with E-state index in [0.717, 1.165) is 17.1 Å². The molecule has 0 aliphatic rings. The highest BCUT2D eigenvalue weighted by molar-refractivity contribution is 7.99. The molecule has 4 aromatic carbocycles. The molecule has 0 heterocycles. The minimum atomic E-state index is -4.00. The molecule has 0 fully saturated rings. The number of halogens is 2. The van der Waals surface area contributed by atoms with Gasteiger partial charge >= 0.3 is 0 Å². The fourth-order valence-corrected chi connectivity index (χ4v) is 5.71. The van der Waals surface area contributed by atoms with Gasteiger partial charge in [0.1, 0.15) is 11.5 Å². The number of benzene rings is 4. The van der Waals surface area contributed by atoms with Gasteiger partial charge in [-0.15, -0.1) is 11.8 Å². The Hall–Kier alpha value is -3.17. The lowest BCUT2D eigenvalue weighted by molar-refractivity contribution is 0.0954. The fraction of sp³-hybridized carbons (Fsp3) is 0.107. The van der Waals surface area contributed by atoms with E-state index in [-0.39, 0.29) is 16.1 Å². The van der Waals surface area contributed by atoms with Crippen LogP contribution in [-0.2, 0) is 10.0 Å². The third-order valence-electron chi connectivity index (χ3n) is 5.29. The summed E-state index contributed by atoms with van der Waals surface area (Å²) >= 11 is 13.9.